The first kappa shape index (κ1) is 13.9. The van der Waals surface area contributed by atoms with Gasteiger partial charge in [0.15, 0.2) is 0 Å². The second-order valence-corrected chi connectivity index (χ2v) is 4.00. The highest BCUT2D eigenvalue weighted by molar-refractivity contribution is 5.43. The molecule has 1 aromatic heterocycles. The molecule has 1 aromatic rings. The summed E-state index contributed by atoms with van der Waals surface area (Å²) in [5.41, 5.74) is 1.08. The zero-order valence-corrected chi connectivity index (χ0v) is 11.1. The quantitative estimate of drug-likeness (QED) is 0.750. The second kappa shape index (κ2) is 7.19. The Balaban J connectivity index is 2.69. The molecule has 0 saturated carbocycles. The van der Waals surface area contributed by atoms with Crippen LogP contribution in [0.25, 0.3) is 0 Å². The maximum atomic E-state index is 5.20. The fraction of sp³-hybridized carbons (Fsp3) is 0.667. The van der Waals surface area contributed by atoms with Gasteiger partial charge in [-0.25, -0.2) is 9.97 Å². The van der Waals surface area contributed by atoms with Gasteiger partial charge in [-0.2, -0.15) is 0 Å². The lowest BCUT2D eigenvalue weighted by Crippen LogP contribution is -2.21. The Bertz CT molecular complexity index is 343. The average molecular weight is 238 g/mol. The zero-order valence-electron chi connectivity index (χ0n) is 11.1. The molecule has 5 heteroatoms. The molecule has 0 amide bonds. The van der Waals surface area contributed by atoms with Crippen LogP contribution in [-0.2, 0) is 11.3 Å². The van der Waals surface area contributed by atoms with Crippen LogP contribution in [0.1, 0.15) is 25.2 Å². The molecule has 2 N–H and O–H groups in total. The van der Waals surface area contributed by atoms with Crippen LogP contribution in [-0.4, -0.2) is 36.3 Å². The van der Waals surface area contributed by atoms with Crippen molar-refractivity contribution in [2.24, 2.45) is 0 Å². The summed E-state index contributed by atoms with van der Waals surface area (Å²) >= 11 is 0. The molecule has 0 radical (unpaired) electrons. The number of aromatic nitrogens is 2. The summed E-state index contributed by atoms with van der Waals surface area (Å²) in [7, 11) is 1.71. The molecule has 0 spiro atoms. The smallest absolute Gasteiger partial charge is 0.134 e. The Kier molecular flexibility index (Phi) is 5.86. The number of hydrogen-bond donors (Lipinski definition) is 2. The van der Waals surface area contributed by atoms with Crippen LogP contribution in [0.3, 0.4) is 0 Å². The van der Waals surface area contributed by atoms with Gasteiger partial charge in [-0.05, 0) is 20.4 Å². The van der Waals surface area contributed by atoms with E-state index in [0.29, 0.717) is 0 Å². The molecule has 5 nitrogen and oxygen atoms in total. The lowest BCUT2D eigenvalue weighted by Gasteiger charge is -2.14. The standard InChI is InChI=1S/C12H22N4O/c1-5-13-7-11-8-14-10(3)16-12(11)15-6-9(2)17-4/h8-9,13H,5-7H2,1-4H3,(H,14,15,16). The Labute approximate surface area is 103 Å². The van der Waals surface area contributed by atoms with Crippen molar-refractivity contribution in [2.45, 2.75) is 33.4 Å². The normalized spacial score (nSPS) is 12.5. The van der Waals surface area contributed by atoms with E-state index in [1.165, 1.54) is 0 Å². The summed E-state index contributed by atoms with van der Waals surface area (Å²) in [4.78, 5) is 8.63. The second-order valence-electron chi connectivity index (χ2n) is 4.00. The number of aryl methyl sites for hydroxylation is 1. The number of methoxy groups -OCH3 is 1. The number of nitrogens with one attached hydrogen (secondary N) is 2. The molecule has 0 fully saturated rings. The Morgan fingerprint density at radius 1 is 1.47 bits per heavy atom. The van der Waals surface area contributed by atoms with Crippen LogP contribution in [0.4, 0.5) is 5.82 Å². The third-order valence-electron chi connectivity index (χ3n) is 2.51. The first-order valence-electron chi connectivity index (χ1n) is 5.97. The maximum absolute atomic E-state index is 5.20. The Morgan fingerprint density at radius 3 is 2.88 bits per heavy atom. The van der Waals surface area contributed by atoms with Crippen LogP contribution in [0, 0.1) is 6.92 Å². The van der Waals surface area contributed by atoms with Crippen LogP contribution < -0.4 is 10.6 Å². The minimum Gasteiger partial charge on any atom is -0.380 e. The van der Waals surface area contributed by atoms with E-state index in [-0.39, 0.29) is 6.10 Å². The topological polar surface area (TPSA) is 59.1 Å². The minimum atomic E-state index is 0.164. The average Bonchev–Trinajstić information content (AvgIpc) is 2.34. The number of nitrogens with zero attached hydrogens (tertiary/aromatic N) is 2. The molecular formula is C12H22N4O. The van der Waals surface area contributed by atoms with Crippen molar-refractivity contribution in [3.63, 3.8) is 0 Å². The van der Waals surface area contributed by atoms with Crippen LogP contribution >= 0.6 is 0 Å². The number of anilines is 1. The van der Waals surface area contributed by atoms with Gasteiger partial charge in [0, 0.05) is 32.0 Å². The summed E-state index contributed by atoms with van der Waals surface area (Å²) in [6, 6.07) is 0. The SMILES string of the molecule is CCNCc1cnc(C)nc1NCC(C)OC. The van der Waals surface area contributed by atoms with Gasteiger partial charge in [0.1, 0.15) is 11.6 Å². The van der Waals surface area contributed by atoms with Gasteiger partial charge >= 0.3 is 0 Å². The zero-order chi connectivity index (χ0) is 12.7. The van der Waals surface area contributed by atoms with Crippen molar-refractivity contribution < 1.29 is 4.74 Å². The van der Waals surface area contributed by atoms with Gasteiger partial charge in [0.2, 0.25) is 0 Å². The molecule has 17 heavy (non-hydrogen) atoms. The van der Waals surface area contributed by atoms with Gasteiger partial charge in [0.05, 0.1) is 6.10 Å². The predicted molar refractivity (Wildman–Crippen MR) is 69.1 cm³/mol. The highest BCUT2D eigenvalue weighted by Crippen LogP contribution is 2.11. The molecule has 0 bridgehead atoms. The lowest BCUT2D eigenvalue weighted by atomic mass is 10.3. The predicted octanol–water partition coefficient (Wildman–Crippen LogP) is 1.34. The van der Waals surface area contributed by atoms with E-state index in [1.807, 2.05) is 20.0 Å². The first-order valence-corrected chi connectivity index (χ1v) is 5.97. The fourth-order valence-electron chi connectivity index (χ4n) is 1.36. The molecule has 1 atom stereocenters. The van der Waals surface area contributed by atoms with Crippen LogP contribution in [0.15, 0.2) is 6.20 Å². The van der Waals surface area contributed by atoms with Gasteiger partial charge in [0.25, 0.3) is 0 Å². The van der Waals surface area contributed by atoms with E-state index in [2.05, 4.69) is 27.5 Å². The highest BCUT2D eigenvalue weighted by Gasteiger charge is 2.06. The van der Waals surface area contributed by atoms with Crippen molar-refractivity contribution in [3.05, 3.63) is 17.6 Å². The summed E-state index contributed by atoms with van der Waals surface area (Å²) < 4.78 is 5.20. The number of ether oxygens (including phenoxy) is 1. The van der Waals surface area contributed by atoms with Gasteiger partial charge in [-0.15, -0.1) is 0 Å². The van der Waals surface area contributed by atoms with Crippen LogP contribution in [0.5, 0.6) is 0 Å². The van der Waals surface area contributed by atoms with Crippen LogP contribution in [0.2, 0.25) is 0 Å². The summed E-state index contributed by atoms with van der Waals surface area (Å²) in [5.74, 6) is 1.67. The van der Waals surface area contributed by atoms with E-state index >= 15 is 0 Å². The molecule has 1 unspecified atom stereocenters. The van der Waals surface area contributed by atoms with E-state index < -0.39 is 0 Å². The molecule has 1 rings (SSSR count). The number of rotatable bonds is 7. The molecule has 1 heterocycles. The van der Waals surface area contributed by atoms with Gasteiger partial charge in [-0.1, -0.05) is 6.92 Å². The van der Waals surface area contributed by atoms with E-state index in [9.17, 15) is 0 Å². The fourth-order valence-corrected chi connectivity index (χ4v) is 1.36. The third kappa shape index (κ3) is 4.66. The summed E-state index contributed by atoms with van der Waals surface area (Å²) in [5, 5.41) is 6.57. The summed E-state index contributed by atoms with van der Waals surface area (Å²) in [6.45, 7) is 8.44. The summed E-state index contributed by atoms with van der Waals surface area (Å²) in [6.07, 6.45) is 2.03. The van der Waals surface area contributed by atoms with E-state index in [1.54, 1.807) is 7.11 Å². The first-order chi connectivity index (χ1) is 8.17. The molecule has 0 aliphatic carbocycles. The minimum absolute atomic E-state index is 0.164. The number of hydrogen-bond acceptors (Lipinski definition) is 5. The Hall–Kier alpha value is -1.20. The van der Waals surface area contributed by atoms with E-state index in [0.717, 1.165) is 36.8 Å². The monoisotopic (exact) mass is 238 g/mol. The largest absolute Gasteiger partial charge is 0.380 e. The highest BCUT2D eigenvalue weighted by atomic mass is 16.5. The van der Waals surface area contributed by atoms with Crippen molar-refractivity contribution in [1.29, 1.82) is 0 Å². The Morgan fingerprint density at radius 2 is 2.24 bits per heavy atom. The maximum Gasteiger partial charge on any atom is 0.134 e. The molecule has 96 valence electrons. The lowest BCUT2D eigenvalue weighted by molar-refractivity contribution is 0.128. The van der Waals surface area contributed by atoms with Crippen molar-refractivity contribution in [1.82, 2.24) is 15.3 Å². The van der Waals surface area contributed by atoms with Gasteiger partial charge < -0.3 is 15.4 Å². The van der Waals surface area contributed by atoms with Crippen molar-refractivity contribution >= 4 is 5.82 Å². The van der Waals surface area contributed by atoms with Crippen molar-refractivity contribution in [2.75, 3.05) is 25.5 Å². The van der Waals surface area contributed by atoms with E-state index in [4.69, 9.17) is 4.74 Å². The molecule has 0 aliphatic heterocycles. The third-order valence-corrected chi connectivity index (χ3v) is 2.51. The van der Waals surface area contributed by atoms with Gasteiger partial charge in [-0.3, -0.25) is 0 Å². The molecule has 0 aliphatic rings. The molecular weight excluding hydrogens is 216 g/mol. The molecule has 0 aromatic carbocycles. The molecule has 0 saturated heterocycles. The van der Waals surface area contributed by atoms with Crippen molar-refractivity contribution in [3.8, 4) is 0 Å².